The van der Waals surface area contributed by atoms with E-state index in [2.05, 4.69) is 49.8 Å². The van der Waals surface area contributed by atoms with E-state index in [1.807, 2.05) is 18.2 Å². The lowest BCUT2D eigenvalue weighted by Crippen LogP contribution is -2.30. The van der Waals surface area contributed by atoms with Gasteiger partial charge in [0, 0.05) is 20.8 Å². The first kappa shape index (κ1) is 22.4. The van der Waals surface area contributed by atoms with Crippen LogP contribution in [0.4, 0.5) is 0 Å². The van der Waals surface area contributed by atoms with Gasteiger partial charge in [-0.1, -0.05) is 55.8 Å². The molecule has 1 unspecified atom stereocenters. The number of hydrogen-bond acceptors (Lipinski definition) is 3. The zero-order valence-electron chi connectivity index (χ0n) is 16.0. The second-order valence-electron chi connectivity index (χ2n) is 5.73. The Balaban J connectivity index is 0.000000394. The summed E-state index contributed by atoms with van der Waals surface area (Å²) >= 11 is 0. The average Bonchev–Trinajstić information content (AvgIpc) is 2.62. The van der Waals surface area contributed by atoms with Crippen LogP contribution in [-0.4, -0.2) is 26.9 Å². The highest BCUT2D eigenvalue weighted by Crippen LogP contribution is 2.26. The van der Waals surface area contributed by atoms with Crippen molar-refractivity contribution in [3.05, 3.63) is 53.6 Å². The molecule has 136 valence electrons. The van der Waals surface area contributed by atoms with Gasteiger partial charge in [0.05, 0.1) is 0 Å². The smallest absolute Gasteiger partial charge is 0.122 e. The number of methoxy groups -OCH3 is 1. The minimum Gasteiger partial charge on any atom is -0.489 e. The first-order valence-electron chi connectivity index (χ1n) is 8.79. The van der Waals surface area contributed by atoms with Crippen molar-refractivity contribution in [3.8, 4) is 5.75 Å². The Bertz CT molecular complexity index is 480. The molecular formula is C21H35NO2. The van der Waals surface area contributed by atoms with E-state index in [4.69, 9.17) is 10.5 Å². The summed E-state index contributed by atoms with van der Waals surface area (Å²) in [5, 5.41) is 0. The number of benzene rings is 1. The average molecular weight is 334 g/mol. The molecule has 1 aliphatic rings. The molecule has 1 aromatic carbocycles. The first-order chi connectivity index (χ1) is 11.6. The van der Waals surface area contributed by atoms with Gasteiger partial charge in [-0.2, -0.15) is 0 Å². The second-order valence-corrected chi connectivity index (χ2v) is 5.73. The summed E-state index contributed by atoms with van der Waals surface area (Å²) < 4.78 is 9.91. The van der Waals surface area contributed by atoms with Gasteiger partial charge in [-0.25, -0.2) is 0 Å². The quantitative estimate of drug-likeness (QED) is 0.796. The van der Waals surface area contributed by atoms with Crippen molar-refractivity contribution >= 4 is 0 Å². The van der Waals surface area contributed by atoms with E-state index < -0.39 is 0 Å². The van der Waals surface area contributed by atoms with E-state index >= 15 is 0 Å². The van der Waals surface area contributed by atoms with Crippen LogP contribution >= 0.6 is 0 Å². The van der Waals surface area contributed by atoms with Gasteiger partial charge in [-0.05, 0) is 44.2 Å². The predicted molar refractivity (Wildman–Crippen MR) is 105 cm³/mol. The third-order valence-electron chi connectivity index (χ3n) is 3.57. The summed E-state index contributed by atoms with van der Waals surface area (Å²) in [7, 11) is 3.25. The lowest BCUT2D eigenvalue weighted by atomic mass is 10.0. The number of nitrogens with two attached hydrogens (primary N) is 1. The summed E-state index contributed by atoms with van der Waals surface area (Å²) in [6, 6.07) is 8.17. The highest BCUT2D eigenvalue weighted by atomic mass is 16.5. The van der Waals surface area contributed by atoms with Crippen LogP contribution in [0.2, 0.25) is 0 Å². The maximum atomic E-state index is 5.66. The summed E-state index contributed by atoms with van der Waals surface area (Å²) in [5.41, 5.74) is 8.29. The number of aryl methyl sites for hydroxylation is 1. The first-order valence-corrected chi connectivity index (χ1v) is 8.79. The van der Waals surface area contributed by atoms with Gasteiger partial charge < -0.3 is 15.2 Å². The molecule has 24 heavy (non-hydrogen) atoms. The summed E-state index contributed by atoms with van der Waals surface area (Å²) in [5.74, 6) is 1.01. The van der Waals surface area contributed by atoms with Gasteiger partial charge in [0.15, 0.2) is 0 Å². The fourth-order valence-electron chi connectivity index (χ4n) is 2.03. The Morgan fingerprint density at radius 2 is 1.96 bits per heavy atom. The predicted octanol–water partition coefficient (Wildman–Crippen LogP) is 4.91. The van der Waals surface area contributed by atoms with Crippen molar-refractivity contribution in [2.45, 2.75) is 52.6 Å². The monoisotopic (exact) mass is 333 g/mol. The second kappa shape index (κ2) is 15.0. The zero-order valence-corrected chi connectivity index (χ0v) is 16.0. The van der Waals surface area contributed by atoms with Crippen LogP contribution in [-0.2, 0) is 11.2 Å². The topological polar surface area (TPSA) is 44.5 Å². The molecule has 1 aromatic rings. The molecule has 1 aliphatic heterocycles. The fourth-order valence-corrected chi connectivity index (χ4v) is 2.03. The normalized spacial score (nSPS) is 16.2. The van der Waals surface area contributed by atoms with Crippen molar-refractivity contribution < 1.29 is 9.47 Å². The SMILES string of the molecule is CC/C=C\C=C(\C)CC.COC.NCC1CCc2ccccc2O1. The molecule has 2 N–H and O–H groups in total. The van der Waals surface area contributed by atoms with Gasteiger partial charge in [0.2, 0.25) is 0 Å². The molecule has 1 atom stereocenters. The van der Waals surface area contributed by atoms with Crippen LogP contribution in [0.3, 0.4) is 0 Å². The lowest BCUT2D eigenvalue weighted by molar-refractivity contribution is 0.181. The molecule has 0 aliphatic carbocycles. The highest BCUT2D eigenvalue weighted by Gasteiger charge is 2.16. The largest absolute Gasteiger partial charge is 0.489 e. The van der Waals surface area contributed by atoms with Crippen LogP contribution in [0.5, 0.6) is 5.75 Å². The maximum absolute atomic E-state index is 5.66. The summed E-state index contributed by atoms with van der Waals surface area (Å²) in [6.45, 7) is 7.09. The van der Waals surface area contributed by atoms with Gasteiger partial charge in [-0.3, -0.25) is 0 Å². The van der Waals surface area contributed by atoms with Gasteiger partial charge in [-0.15, -0.1) is 0 Å². The van der Waals surface area contributed by atoms with Crippen molar-refractivity contribution in [1.82, 2.24) is 0 Å². The van der Waals surface area contributed by atoms with Gasteiger partial charge in [0.1, 0.15) is 11.9 Å². The fraction of sp³-hybridized carbons (Fsp3) is 0.524. The van der Waals surface area contributed by atoms with E-state index in [-0.39, 0.29) is 6.10 Å². The van der Waals surface area contributed by atoms with Crippen molar-refractivity contribution in [1.29, 1.82) is 0 Å². The van der Waals surface area contributed by atoms with Gasteiger partial charge >= 0.3 is 0 Å². The molecule has 0 amide bonds. The van der Waals surface area contributed by atoms with E-state index in [0.717, 1.165) is 31.4 Å². The molecule has 0 aromatic heterocycles. The molecular weight excluding hydrogens is 298 g/mol. The Labute approximate surface area is 148 Å². The third kappa shape index (κ3) is 10.2. The minimum atomic E-state index is 0.222. The molecule has 0 saturated heterocycles. The number of hydrogen-bond donors (Lipinski definition) is 1. The van der Waals surface area contributed by atoms with Crippen LogP contribution < -0.4 is 10.5 Å². The molecule has 0 bridgehead atoms. The third-order valence-corrected chi connectivity index (χ3v) is 3.57. The summed E-state index contributed by atoms with van der Waals surface area (Å²) in [6.07, 6.45) is 11.1. The Morgan fingerprint density at radius 1 is 1.29 bits per heavy atom. The van der Waals surface area contributed by atoms with E-state index in [1.165, 1.54) is 11.1 Å². The molecule has 2 rings (SSSR count). The maximum Gasteiger partial charge on any atom is 0.122 e. The number of rotatable bonds is 4. The lowest BCUT2D eigenvalue weighted by Gasteiger charge is -2.24. The van der Waals surface area contributed by atoms with Gasteiger partial charge in [0.25, 0.3) is 0 Å². The van der Waals surface area contributed by atoms with E-state index in [0.29, 0.717) is 6.54 Å². The van der Waals surface area contributed by atoms with Crippen molar-refractivity contribution in [2.75, 3.05) is 20.8 Å². The molecule has 1 heterocycles. The van der Waals surface area contributed by atoms with Crippen molar-refractivity contribution in [2.24, 2.45) is 5.73 Å². The molecule has 0 saturated carbocycles. The molecule has 0 fully saturated rings. The number of ether oxygens (including phenoxy) is 2. The Kier molecular flexibility index (Phi) is 14.0. The molecule has 3 heteroatoms. The Hall–Kier alpha value is -1.58. The number of fused-ring (bicyclic) bond motifs is 1. The Morgan fingerprint density at radius 3 is 2.54 bits per heavy atom. The zero-order chi connectivity index (χ0) is 18.2. The molecule has 3 nitrogen and oxygen atoms in total. The van der Waals surface area contributed by atoms with Crippen LogP contribution in [0, 0.1) is 0 Å². The highest BCUT2D eigenvalue weighted by molar-refractivity contribution is 5.35. The van der Waals surface area contributed by atoms with Crippen LogP contribution in [0.1, 0.15) is 45.6 Å². The minimum absolute atomic E-state index is 0.222. The summed E-state index contributed by atoms with van der Waals surface area (Å²) in [4.78, 5) is 0. The standard InChI is InChI=1S/C10H13NO.C9H16.C2H6O/c11-7-9-6-5-8-3-1-2-4-10(8)12-9;1-4-6-7-8-9(3)5-2;1-3-2/h1-4,9H,5-7,11H2;6-8H,4-5H2,1-3H3;1-2H3/b;7-6-,9-8-;. The van der Waals surface area contributed by atoms with E-state index in [1.54, 1.807) is 14.2 Å². The number of para-hydroxylation sites is 1. The molecule has 0 radical (unpaired) electrons. The van der Waals surface area contributed by atoms with E-state index in [9.17, 15) is 0 Å². The van der Waals surface area contributed by atoms with Crippen LogP contribution in [0.15, 0.2) is 48.1 Å². The molecule has 0 spiro atoms. The number of allylic oxidation sites excluding steroid dienone is 4. The van der Waals surface area contributed by atoms with Crippen molar-refractivity contribution in [3.63, 3.8) is 0 Å². The van der Waals surface area contributed by atoms with Crippen LogP contribution in [0.25, 0.3) is 0 Å².